The van der Waals surface area contributed by atoms with Gasteiger partial charge in [0, 0.05) is 12.6 Å². The minimum atomic E-state index is 0.374. The lowest BCUT2D eigenvalue weighted by atomic mass is 9.91. The average Bonchev–Trinajstić information content (AvgIpc) is 2.45. The molecule has 0 aromatic carbocycles. The van der Waals surface area contributed by atoms with Crippen LogP contribution in [0.4, 0.5) is 0 Å². The van der Waals surface area contributed by atoms with Gasteiger partial charge in [-0.1, -0.05) is 20.8 Å². The summed E-state index contributed by atoms with van der Waals surface area (Å²) in [6, 6.07) is 0.732. The highest BCUT2D eigenvalue weighted by Gasteiger charge is 2.35. The maximum absolute atomic E-state index is 5.54. The number of rotatable bonds is 7. The maximum atomic E-state index is 5.54. The smallest absolute Gasteiger partial charge is 0.0518 e. The Balaban J connectivity index is 2.03. The van der Waals surface area contributed by atoms with E-state index in [1.54, 1.807) is 0 Å². The van der Waals surface area contributed by atoms with Crippen LogP contribution in [0.2, 0.25) is 0 Å². The van der Waals surface area contributed by atoms with E-state index in [9.17, 15) is 0 Å². The van der Waals surface area contributed by atoms with Crippen LogP contribution >= 0.6 is 0 Å². The molecule has 0 aromatic heterocycles. The molecule has 1 aliphatic carbocycles. The number of ether oxygens (including phenoxy) is 1. The Bertz CT molecular complexity index is 213. The quantitative estimate of drug-likeness (QED) is 0.688. The SMILES string of the molecule is CC(C)OCCCCNC1CC(C)(C)CC1C. The fourth-order valence-corrected chi connectivity index (χ4v) is 3.00. The highest BCUT2D eigenvalue weighted by atomic mass is 16.5. The molecule has 0 aromatic rings. The van der Waals surface area contributed by atoms with Gasteiger partial charge in [0.1, 0.15) is 0 Å². The predicted molar refractivity (Wildman–Crippen MR) is 74.3 cm³/mol. The fourth-order valence-electron chi connectivity index (χ4n) is 3.00. The van der Waals surface area contributed by atoms with E-state index in [0.29, 0.717) is 11.5 Å². The molecule has 0 aliphatic heterocycles. The third kappa shape index (κ3) is 5.87. The van der Waals surface area contributed by atoms with Gasteiger partial charge in [-0.3, -0.25) is 0 Å². The van der Waals surface area contributed by atoms with Crippen LogP contribution in [0, 0.1) is 11.3 Å². The molecular weight excluding hydrogens is 210 g/mol. The van der Waals surface area contributed by atoms with E-state index in [2.05, 4.69) is 39.9 Å². The summed E-state index contributed by atoms with van der Waals surface area (Å²) in [5, 5.41) is 3.72. The van der Waals surface area contributed by atoms with E-state index < -0.39 is 0 Å². The first-order valence-corrected chi connectivity index (χ1v) is 7.26. The molecule has 1 saturated carbocycles. The zero-order valence-corrected chi connectivity index (χ0v) is 12.4. The Morgan fingerprint density at radius 3 is 2.47 bits per heavy atom. The molecule has 2 nitrogen and oxygen atoms in total. The molecule has 0 bridgehead atoms. The van der Waals surface area contributed by atoms with E-state index in [1.807, 2.05) is 0 Å². The van der Waals surface area contributed by atoms with Gasteiger partial charge < -0.3 is 10.1 Å². The monoisotopic (exact) mass is 241 g/mol. The van der Waals surface area contributed by atoms with Gasteiger partial charge in [0.15, 0.2) is 0 Å². The van der Waals surface area contributed by atoms with E-state index in [-0.39, 0.29) is 0 Å². The molecule has 2 heteroatoms. The molecule has 1 rings (SSSR count). The van der Waals surface area contributed by atoms with Crippen molar-refractivity contribution in [3.8, 4) is 0 Å². The molecule has 0 heterocycles. The summed E-state index contributed by atoms with van der Waals surface area (Å²) in [6.07, 6.45) is 5.47. The molecule has 102 valence electrons. The first-order chi connectivity index (χ1) is 7.91. The zero-order chi connectivity index (χ0) is 12.9. The van der Waals surface area contributed by atoms with E-state index in [0.717, 1.165) is 25.1 Å². The Labute approximate surface area is 108 Å². The van der Waals surface area contributed by atoms with Crippen molar-refractivity contribution in [3.63, 3.8) is 0 Å². The Morgan fingerprint density at radius 1 is 1.24 bits per heavy atom. The summed E-state index contributed by atoms with van der Waals surface area (Å²) in [5.41, 5.74) is 0.540. The second kappa shape index (κ2) is 6.75. The molecule has 1 aliphatic rings. The van der Waals surface area contributed by atoms with Crippen molar-refractivity contribution in [3.05, 3.63) is 0 Å². The summed E-state index contributed by atoms with van der Waals surface area (Å²) in [7, 11) is 0. The largest absolute Gasteiger partial charge is 0.379 e. The highest BCUT2D eigenvalue weighted by molar-refractivity contribution is 4.90. The lowest BCUT2D eigenvalue weighted by molar-refractivity contribution is 0.0759. The third-order valence-electron chi connectivity index (χ3n) is 3.76. The molecule has 0 spiro atoms. The molecule has 0 radical (unpaired) electrons. The lowest BCUT2D eigenvalue weighted by Gasteiger charge is -2.18. The molecule has 1 N–H and O–H groups in total. The first kappa shape index (κ1) is 15.0. The van der Waals surface area contributed by atoms with Crippen molar-refractivity contribution >= 4 is 0 Å². The molecule has 17 heavy (non-hydrogen) atoms. The van der Waals surface area contributed by atoms with Crippen molar-refractivity contribution in [2.24, 2.45) is 11.3 Å². The molecule has 1 fully saturated rings. The van der Waals surface area contributed by atoms with Crippen molar-refractivity contribution in [1.29, 1.82) is 0 Å². The van der Waals surface area contributed by atoms with Gasteiger partial charge >= 0.3 is 0 Å². The van der Waals surface area contributed by atoms with Crippen LogP contribution < -0.4 is 5.32 Å². The Kier molecular flexibility index (Phi) is 5.94. The van der Waals surface area contributed by atoms with Crippen molar-refractivity contribution in [2.75, 3.05) is 13.2 Å². The Morgan fingerprint density at radius 2 is 1.94 bits per heavy atom. The number of hydrogen-bond acceptors (Lipinski definition) is 2. The highest BCUT2D eigenvalue weighted by Crippen LogP contribution is 2.40. The molecule has 0 saturated heterocycles. The van der Waals surface area contributed by atoms with Crippen molar-refractivity contribution in [2.45, 2.75) is 72.4 Å². The lowest BCUT2D eigenvalue weighted by Crippen LogP contribution is -2.32. The van der Waals surface area contributed by atoms with Gasteiger partial charge in [-0.15, -0.1) is 0 Å². The summed E-state index contributed by atoms with van der Waals surface area (Å²) >= 11 is 0. The maximum Gasteiger partial charge on any atom is 0.0518 e. The van der Waals surface area contributed by atoms with Gasteiger partial charge in [0.2, 0.25) is 0 Å². The van der Waals surface area contributed by atoms with Crippen LogP contribution in [0.25, 0.3) is 0 Å². The summed E-state index contributed by atoms with van der Waals surface area (Å²) in [5.74, 6) is 0.830. The van der Waals surface area contributed by atoms with Crippen molar-refractivity contribution < 1.29 is 4.74 Å². The fraction of sp³-hybridized carbons (Fsp3) is 1.00. The number of hydrogen-bond donors (Lipinski definition) is 1. The van der Waals surface area contributed by atoms with E-state index >= 15 is 0 Å². The van der Waals surface area contributed by atoms with Crippen LogP contribution in [0.3, 0.4) is 0 Å². The summed E-state index contributed by atoms with van der Waals surface area (Å²) in [4.78, 5) is 0. The minimum absolute atomic E-state index is 0.374. The Hall–Kier alpha value is -0.0800. The normalized spacial score (nSPS) is 27.9. The van der Waals surface area contributed by atoms with E-state index in [1.165, 1.54) is 25.7 Å². The first-order valence-electron chi connectivity index (χ1n) is 7.26. The van der Waals surface area contributed by atoms with E-state index in [4.69, 9.17) is 4.74 Å². The van der Waals surface area contributed by atoms with Gasteiger partial charge in [-0.2, -0.15) is 0 Å². The van der Waals surface area contributed by atoms with Gasteiger partial charge in [-0.05, 0) is 57.4 Å². The zero-order valence-electron chi connectivity index (χ0n) is 12.4. The number of nitrogens with one attached hydrogen (secondary N) is 1. The average molecular weight is 241 g/mol. The predicted octanol–water partition coefficient (Wildman–Crippen LogP) is 3.61. The summed E-state index contributed by atoms with van der Waals surface area (Å²) in [6.45, 7) is 13.4. The van der Waals surface area contributed by atoms with Gasteiger partial charge in [-0.25, -0.2) is 0 Å². The van der Waals surface area contributed by atoms with Gasteiger partial charge in [0.25, 0.3) is 0 Å². The molecular formula is C15H31NO. The van der Waals surface area contributed by atoms with Crippen LogP contribution in [0.15, 0.2) is 0 Å². The summed E-state index contributed by atoms with van der Waals surface area (Å²) < 4.78 is 5.54. The second-order valence-corrected chi connectivity index (χ2v) is 6.74. The molecule has 2 unspecified atom stereocenters. The minimum Gasteiger partial charge on any atom is -0.379 e. The third-order valence-corrected chi connectivity index (χ3v) is 3.76. The van der Waals surface area contributed by atoms with Crippen LogP contribution in [0.1, 0.15) is 60.3 Å². The van der Waals surface area contributed by atoms with Crippen LogP contribution in [-0.4, -0.2) is 25.3 Å². The van der Waals surface area contributed by atoms with Crippen LogP contribution in [0.5, 0.6) is 0 Å². The van der Waals surface area contributed by atoms with Gasteiger partial charge in [0.05, 0.1) is 6.10 Å². The molecule has 0 amide bonds. The van der Waals surface area contributed by atoms with Crippen molar-refractivity contribution in [1.82, 2.24) is 5.32 Å². The topological polar surface area (TPSA) is 21.3 Å². The standard InChI is InChI=1S/C15H31NO/c1-12(2)17-9-7-6-8-16-14-11-15(4,5)10-13(14)3/h12-14,16H,6-11H2,1-5H3. The molecule has 2 atom stereocenters. The number of unbranched alkanes of at least 4 members (excludes halogenated alkanes) is 1. The second-order valence-electron chi connectivity index (χ2n) is 6.74. The van der Waals surface area contributed by atoms with Crippen LogP contribution in [-0.2, 0) is 4.74 Å².